The van der Waals surface area contributed by atoms with E-state index >= 15 is 0 Å². The monoisotopic (exact) mass is 420 g/mol. The summed E-state index contributed by atoms with van der Waals surface area (Å²) in [6.45, 7) is 2.40. The highest BCUT2D eigenvalue weighted by molar-refractivity contribution is 7.89. The van der Waals surface area contributed by atoms with Gasteiger partial charge in [0.2, 0.25) is 15.9 Å². The van der Waals surface area contributed by atoms with Crippen LogP contribution in [0.15, 0.2) is 47.4 Å². The summed E-state index contributed by atoms with van der Waals surface area (Å²) < 4.78 is 45.9. The summed E-state index contributed by atoms with van der Waals surface area (Å²) >= 11 is 0. The van der Waals surface area contributed by atoms with Gasteiger partial charge >= 0.3 is 0 Å². The molecule has 156 valence electrons. The molecule has 3 rings (SSSR count). The van der Waals surface area contributed by atoms with Crippen molar-refractivity contribution in [2.75, 3.05) is 25.5 Å². The van der Waals surface area contributed by atoms with Crippen molar-refractivity contribution in [2.24, 2.45) is 5.92 Å². The van der Waals surface area contributed by atoms with Crippen molar-refractivity contribution in [1.29, 1.82) is 0 Å². The molecule has 1 amide bonds. The number of piperidine rings is 1. The normalized spacial score (nSPS) is 15.8. The average Bonchev–Trinajstić information content (AvgIpc) is 2.74. The Morgan fingerprint density at radius 1 is 1.21 bits per heavy atom. The summed E-state index contributed by atoms with van der Waals surface area (Å²) in [6.07, 6.45) is 1.61. The van der Waals surface area contributed by atoms with Crippen molar-refractivity contribution in [3.8, 4) is 5.75 Å². The van der Waals surface area contributed by atoms with Crippen LogP contribution in [0.1, 0.15) is 25.3 Å². The van der Waals surface area contributed by atoms with Crippen molar-refractivity contribution in [3.05, 3.63) is 53.8 Å². The Morgan fingerprint density at radius 2 is 1.90 bits per heavy atom. The van der Waals surface area contributed by atoms with Gasteiger partial charge in [0.15, 0.2) is 0 Å². The van der Waals surface area contributed by atoms with Gasteiger partial charge in [-0.25, -0.2) is 12.8 Å². The van der Waals surface area contributed by atoms with Crippen LogP contribution in [0.4, 0.5) is 10.1 Å². The van der Waals surface area contributed by atoms with Gasteiger partial charge in [-0.15, -0.1) is 0 Å². The number of ether oxygens (including phenoxy) is 1. The van der Waals surface area contributed by atoms with Gasteiger partial charge in [0, 0.05) is 24.7 Å². The molecule has 2 aromatic carbocycles. The predicted molar refractivity (Wildman–Crippen MR) is 109 cm³/mol. The van der Waals surface area contributed by atoms with E-state index in [0.29, 0.717) is 12.8 Å². The first-order valence-corrected chi connectivity index (χ1v) is 11.0. The van der Waals surface area contributed by atoms with Gasteiger partial charge in [0.1, 0.15) is 16.5 Å². The Kier molecular flexibility index (Phi) is 6.54. The van der Waals surface area contributed by atoms with Crippen LogP contribution in [0, 0.1) is 11.7 Å². The summed E-state index contributed by atoms with van der Waals surface area (Å²) in [4.78, 5) is 12.5. The number of carbonyl (C=O) groups is 1. The third-order valence-corrected chi connectivity index (χ3v) is 7.14. The topological polar surface area (TPSA) is 75.7 Å². The quantitative estimate of drug-likeness (QED) is 0.777. The van der Waals surface area contributed by atoms with Crippen LogP contribution >= 0.6 is 0 Å². The Morgan fingerprint density at radius 3 is 2.55 bits per heavy atom. The fraction of sp³-hybridized carbons (Fsp3) is 0.381. The lowest BCUT2D eigenvalue weighted by molar-refractivity contribution is -0.120. The average molecular weight is 421 g/mol. The smallest absolute Gasteiger partial charge is 0.246 e. The van der Waals surface area contributed by atoms with Crippen molar-refractivity contribution < 1.29 is 22.3 Å². The Hall–Kier alpha value is -2.45. The van der Waals surface area contributed by atoms with Gasteiger partial charge in [-0.2, -0.15) is 4.31 Å². The Bertz CT molecular complexity index is 986. The molecule has 1 fully saturated rings. The fourth-order valence-electron chi connectivity index (χ4n) is 3.53. The minimum Gasteiger partial charge on any atom is -0.495 e. The maximum absolute atomic E-state index is 13.6. The van der Waals surface area contributed by atoms with E-state index in [0.717, 1.165) is 29.8 Å². The number of hydrogen-bond donors (Lipinski definition) is 1. The minimum absolute atomic E-state index is 0.0995. The van der Waals surface area contributed by atoms with E-state index in [4.69, 9.17) is 4.74 Å². The predicted octanol–water partition coefficient (Wildman–Crippen LogP) is 3.44. The second kappa shape index (κ2) is 8.92. The first kappa shape index (κ1) is 21.3. The fourth-order valence-corrected chi connectivity index (χ4v) is 5.17. The Labute approximate surface area is 170 Å². The molecule has 1 aliphatic rings. The van der Waals surface area contributed by atoms with E-state index in [2.05, 4.69) is 5.32 Å². The number of carbonyl (C=O) groups excluding carboxylic acids is 1. The van der Waals surface area contributed by atoms with Crippen molar-refractivity contribution in [1.82, 2.24) is 4.31 Å². The van der Waals surface area contributed by atoms with E-state index in [-0.39, 0.29) is 35.6 Å². The van der Waals surface area contributed by atoms with E-state index in [1.54, 1.807) is 0 Å². The lowest BCUT2D eigenvalue weighted by Crippen LogP contribution is -2.41. The molecular formula is C21H25FN2O4S. The lowest BCUT2D eigenvalue weighted by Gasteiger charge is -2.31. The molecule has 0 aliphatic carbocycles. The lowest BCUT2D eigenvalue weighted by atomic mass is 9.97. The third kappa shape index (κ3) is 4.59. The molecule has 8 heteroatoms. The Balaban J connectivity index is 1.68. The highest BCUT2D eigenvalue weighted by atomic mass is 32.2. The first-order valence-electron chi connectivity index (χ1n) is 9.59. The van der Waals surface area contributed by atoms with Crippen molar-refractivity contribution >= 4 is 21.6 Å². The number of aryl methyl sites for hydroxylation is 1. The van der Waals surface area contributed by atoms with E-state index < -0.39 is 15.8 Å². The van der Waals surface area contributed by atoms with Gasteiger partial charge in [-0.05, 0) is 49.1 Å². The summed E-state index contributed by atoms with van der Waals surface area (Å²) in [7, 11) is -2.57. The molecule has 6 nitrogen and oxygen atoms in total. The SMILES string of the molecule is CCc1ccccc1NC(=O)C1CCN(S(=O)(=O)c2cc(F)ccc2OC)CC1. The number of benzene rings is 2. The second-order valence-corrected chi connectivity index (χ2v) is 8.88. The molecule has 2 aromatic rings. The number of rotatable bonds is 6. The maximum Gasteiger partial charge on any atom is 0.246 e. The van der Waals surface area contributed by atoms with Crippen LogP contribution in [0.3, 0.4) is 0 Å². The van der Waals surface area contributed by atoms with Crippen LogP contribution in [-0.2, 0) is 21.2 Å². The number of nitrogens with one attached hydrogen (secondary N) is 1. The van der Waals surface area contributed by atoms with Crippen LogP contribution < -0.4 is 10.1 Å². The molecule has 0 atom stereocenters. The summed E-state index contributed by atoms with van der Waals surface area (Å²) in [6, 6.07) is 11.1. The number of sulfonamides is 1. The minimum atomic E-state index is -3.91. The number of nitrogens with zero attached hydrogens (tertiary/aromatic N) is 1. The molecular weight excluding hydrogens is 395 g/mol. The van der Waals surface area contributed by atoms with E-state index in [1.807, 2.05) is 31.2 Å². The van der Waals surface area contributed by atoms with Crippen LogP contribution in [0.5, 0.6) is 5.75 Å². The summed E-state index contributed by atoms with van der Waals surface area (Å²) in [5.74, 6) is -0.928. The van der Waals surface area contributed by atoms with Gasteiger partial charge < -0.3 is 10.1 Å². The number of hydrogen-bond acceptors (Lipinski definition) is 4. The highest BCUT2D eigenvalue weighted by Gasteiger charge is 2.34. The first-order chi connectivity index (χ1) is 13.9. The van der Waals surface area contributed by atoms with Crippen LogP contribution in [0.2, 0.25) is 0 Å². The van der Waals surface area contributed by atoms with E-state index in [9.17, 15) is 17.6 Å². The zero-order valence-electron chi connectivity index (χ0n) is 16.5. The van der Waals surface area contributed by atoms with Crippen LogP contribution in [0.25, 0.3) is 0 Å². The second-order valence-electron chi connectivity index (χ2n) is 6.97. The third-order valence-electron chi connectivity index (χ3n) is 5.22. The van der Waals surface area contributed by atoms with Crippen molar-refractivity contribution in [2.45, 2.75) is 31.1 Å². The molecule has 1 N–H and O–H groups in total. The zero-order valence-corrected chi connectivity index (χ0v) is 17.3. The van der Waals surface area contributed by atoms with Gasteiger partial charge in [0.25, 0.3) is 0 Å². The number of amides is 1. The molecule has 0 bridgehead atoms. The molecule has 1 saturated heterocycles. The van der Waals surface area contributed by atoms with Crippen LogP contribution in [-0.4, -0.2) is 38.8 Å². The van der Waals surface area contributed by atoms with Gasteiger partial charge in [-0.1, -0.05) is 25.1 Å². The van der Waals surface area contributed by atoms with Crippen molar-refractivity contribution in [3.63, 3.8) is 0 Å². The summed E-state index contributed by atoms with van der Waals surface area (Å²) in [5, 5.41) is 2.97. The molecule has 1 heterocycles. The molecule has 0 unspecified atom stereocenters. The van der Waals surface area contributed by atoms with E-state index in [1.165, 1.54) is 17.5 Å². The maximum atomic E-state index is 13.6. The molecule has 1 aliphatic heterocycles. The molecule has 0 radical (unpaired) electrons. The number of para-hydroxylation sites is 1. The number of anilines is 1. The molecule has 0 spiro atoms. The van der Waals surface area contributed by atoms with Gasteiger partial charge in [-0.3, -0.25) is 4.79 Å². The molecule has 0 saturated carbocycles. The standard InChI is InChI=1S/C21H25FN2O4S/c1-3-15-6-4-5-7-18(15)23-21(25)16-10-12-24(13-11-16)29(26,27)20-14-17(22)8-9-19(20)28-2/h4-9,14,16H,3,10-13H2,1-2H3,(H,23,25). The highest BCUT2D eigenvalue weighted by Crippen LogP contribution is 2.30. The zero-order chi connectivity index (χ0) is 21.0. The number of methoxy groups -OCH3 is 1. The summed E-state index contributed by atoms with van der Waals surface area (Å²) in [5.41, 5.74) is 1.85. The largest absolute Gasteiger partial charge is 0.495 e. The number of halogens is 1. The molecule has 29 heavy (non-hydrogen) atoms. The van der Waals surface area contributed by atoms with Gasteiger partial charge in [0.05, 0.1) is 7.11 Å². The molecule has 0 aromatic heterocycles.